The van der Waals surface area contributed by atoms with Crippen molar-refractivity contribution < 1.29 is 22.7 Å². The molecule has 0 unspecified atom stereocenters. The Morgan fingerprint density at radius 3 is 2.69 bits per heavy atom. The van der Waals surface area contributed by atoms with Crippen molar-refractivity contribution in [2.45, 2.75) is 20.0 Å². The quantitative estimate of drug-likeness (QED) is 0.806. The topological polar surface area (TPSA) is 93.7 Å². The van der Waals surface area contributed by atoms with E-state index in [2.05, 4.69) is 4.72 Å². The summed E-state index contributed by atoms with van der Waals surface area (Å²) in [7, 11) is -4.06. The molecule has 0 saturated heterocycles. The number of hydrogen-bond acceptors (Lipinski definition) is 5. The van der Waals surface area contributed by atoms with Crippen LogP contribution in [0, 0.1) is 0 Å². The third-order valence-electron chi connectivity index (χ3n) is 3.92. The van der Waals surface area contributed by atoms with Crippen molar-refractivity contribution in [1.29, 1.82) is 0 Å². The summed E-state index contributed by atoms with van der Waals surface area (Å²) in [5, 5.41) is 0. The number of amides is 1. The number of carbonyl (C=O) groups excluding carboxylic acids is 1. The van der Waals surface area contributed by atoms with E-state index in [0.29, 0.717) is 43.2 Å². The minimum Gasteiger partial charge on any atom is -0.494 e. The highest BCUT2D eigenvalue weighted by Gasteiger charge is 2.21. The molecule has 3 rings (SSSR count). The van der Waals surface area contributed by atoms with Crippen molar-refractivity contribution in [2.75, 3.05) is 17.9 Å². The molecular formula is C18H20N2O5S. The lowest BCUT2D eigenvalue weighted by Crippen LogP contribution is -2.36. The fourth-order valence-electron chi connectivity index (χ4n) is 2.75. The average molecular weight is 376 g/mol. The van der Waals surface area contributed by atoms with Crippen LogP contribution < -0.4 is 14.2 Å². The summed E-state index contributed by atoms with van der Waals surface area (Å²) < 4.78 is 39.6. The zero-order chi connectivity index (χ0) is 18.6. The van der Waals surface area contributed by atoms with Gasteiger partial charge in [-0.05, 0) is 54.8 Å². The van der Waals surface area contributed by atoms with Gasteiger partial charge in [-0.3, -0.25) is 9.52 Å². The molecule has 1 amide bonds. The van der Waals surface area contributed by atoms with E-state index < -0.39 is 16.1 Å². The second kappa shape index (κ2) is 7.76. The molecule has 0 saturated carbocycles. The predicted octanol–water partition coefficient (Wildman–Crippen LogP) is 2.24. The summed E-state index contributed by atoms with van der Waals surface area (Å²) in [6.45, 7) is 3.27. The van der Waals surface area contributed by atoms with E-state index in [0.717, 1.165) is 11.1 Å². The van der Waals surface area contributed by atoms with Crippen molar-refractivity contribution in [2.24, 2.45) is 0 Å². The van der Waals surface area contributed by atoms with E-state index in [1.54, 1.807) is 36.4 Å². The monoisotopic (exact) mass is 376 g/mol. The largest absolute Gasteiger partial charge is 0.494 e. The highest BCUT2D eigenvalue weighted by atomic mass is 32.2. The van der Waals surface area contributed by atoms with Crippen LogP contribution in [0.25, 0.3) is 0 Å². The second-order valence-corrected chi connectivity index (χ2v) is 7.16. The molecular weight excluding hydrogens is 356 g/mol. The Hall–Kier alpha value is -2.58. The van der Waals surface area contributed by atoms with E-state index in [9.17, 15) is 13.2 Å². The van der Waals surface area contributed by atoms with Gasteiger partial charge >= 0.3 is 10.2 Å². The number of carbonyl (C=O) groups is 1. The Morgan fingerprint density at radius 2 is 1.96 bits per heavy atom. The summed E-state index contributed by atoms with van der Waals surface area (Å²) in [5.41, 5.74) is 2.36. The standard InChI is InChI=1S/C18H20N2O5S/c1-2-25-15-8-6-14(7-9-15)19-26(22,23)20-18(21)16-5-3-4-13-10-11-24-12-17(13)16/h3-9,19H,2,10-12H2,1H3,(H,20,21). The first-order valence-corrected chi connectivity index (χ1v) is 9.73. The Balaban J connectivity index is 1.72. The molecule has 8 heteroatoms. The van der Waals surface area contributed by atoms with Crippen LogP contribution in [0.1, 0.15) is 28.4 Å². The minimum atomic E-state index is -4.06. The Morgan fingerprint density at radius 1 is 1.19 bits per heavy atom. The lowest BCUT2D eigenvalue weighted by molar-refractivity contribution is 0.0951. The predicted molar refractivity (Wildman–Crippen MR) is 97.4 cm³/mol. The molecule has 0 aromatic heterocycles. The van der Waals surface area contributed by atoms with E-state index in [1.807, 2.05) is 17.7 Å². The van der Waals surface area contributed by atoms with Gasteiger partial charge in [0.2, 0.25) is 0 Å². The summed E-state index contributed by atoms with van der Waals surface area (Å²) in [4.78, 5) is 12.5. The van der Waals surface area contributed by atoms with Crippen molar-refractivity contribution in [3.05, 3.63) is 59.2 Å². The van der Waals surface area contributed by atoms with Crippen molar-refractivity contribution in [3.63, 3.8) is 0 Å². The average Bonchev–Trinajstić information content (AvgIpc) is 2.62. The first-order chi connectivity index (χ1) is 12.5. The molecule has 1 aliphatic heterocycles. The Kier molecular flexibility index (Phi) is 5.43. The smallest absolute Gasteiger partial charge is 0.323 e. The van der Waals surface area contributed by atoms with Crippen LogP contribution in [0.15, 0.2) is 42.5 Å². The molecule has 1 aliphatic rings. The third kappa shape index (κ3) is 4.33. The number of hydrogen-bond donors (Lipinski definition) is 2. The van der Waals surface area contributed by atoms with Crippen LogP contribution in [0.3, 0.4) is 0 Å². The molecule has 0 bridgehead atoms. The molecule has 2 N–H and O–H groups in total. The second-order valence-electron chi connectivity index (χ2n) is 5.74. The number of benzene rings is 2. The number of fused-ring (bicyclic) bond motifs is 1. The molecule has 0 fully saturated rings. The summed E-state index contributed by atoms with van der Waals surface area (Å²) in [6.07, 6.45) is 0.702. The Bertz CT molecular complexity index is 894. The van der Waals surface area contributed by atoms with E-state index >= 15 is 0 Å². The third-order valence-corrected chi connectivity index (χ3v) is 4.88. The van der Waals surface area contributed by atoms with Crippen molar-refractivity contribution >= 4 is 21.8 Å². The molecule has 0 atom stereocenters. The fourth-order valence-corrected chi connectivity index (χ4v) is 3.60. The van der Waals surface area contributed by atoms with Gasteiger partial charge in [0.15, 0.2) is 0 Å². The Labute approximate surface area is 152 Å². The lowest BCUT2D eigenvalue weighted by Gasteiger charge is -2.19. The van der Waals surface area contributed by atoms with Crippen LogP contribution in [0.2, 0.25) is 0 Å². The highest BCUT2D eigenvalue weighted by molar-refractivity contribution is 7.91. The maximum absolute atomic E-state index is 12.5. The van der Waals surface area contributed by atoms with Crippen LogP contribution in [-0.2, 0) is 28.0 Å². The zero-order valence-corrected chi connectivity index (χ0v) is 15.1. The van der Waals surface area contributed by atoms with Crippen molar-refractivity contribution in [3.8, 4) is 5.75 Å². The van der Waals surface area contributed by atoms with Gasteiger partial charge in [-0.15, -0.1) is 0 Å². The zero-order valence-electron chi connectivity index (χ0n) is 14.3. The molecule has 26 heavy (non-hydrogen) atoms. The summed E-state index contributed by atoms with van der Waals surface area (Å²) >= 11 is 0. The van der Waals surface area contributed by atoms with Crippen LogP contribution in [0.4, 0.5) is 5.69 Å². The number of ether oxygens (including phenoxy) is 2. The van der Waals surface area contributed by atoms with Gasteiger partial charge in [0.05, 0.1) is 25.5 Å². The summed E-state index contributed by atoms with van der Waals surface area (Å²) in [5.74, 6) is -0.0545. The van der Waals surface area contributed by atoms with Gasteiger partial charge in [-0.25, -0.2) is 4.72 Å². The lowest BCUT2D eigenvalue weighted by atomic mass is 9.97. The molecule has 0 spiro atoms. The van der Waals surface area contributed by atoms with E-state index in [1.165, 1.54) is 0 Å². The molecule has 7 nitrogen and oxygen atoms in total. The molecule has 0 aliphatic carbocycles. The van der Waals surface area contributed by atoms with E-state index in [4.69, 9.17) is 9.47 Å². The maximum atomic E-state index is 12.5. The number of rotatable bonds is 6. The molecule has 0 radical (unpaired) electrons. The van der Waals surface area contributed by atoms with Crippen molar-refractivity contribution in [1.82, 2.24) is 4.72 Å². The summed E-state index contributed by atoms with van der Waals surface area (Å²) in [6, 6.07) is 11.7. The van der Waals surface area contributed by atoms with E-state index in [-0.39, 0.29) is 0 Å². The number of anilines is 1. The molecule has 138 valence electrons. The fraction of sp³-hybridized carbons (Fsp3) is 0.278. The maximum Gasteiger partial charge on any atom is 0.323 e. The first-order valence-electron chi connectivity index (χ1n) is 8.25. The van der Waals surface area contributed by atoms with Crippen LogP contribution >= 0.6 is 0 Å². The highest BCUT2D eigenvalue weighted by Crippen LogP contribution is 2.21. The molecule has 1 heterocycles. The van der Waals surface area contributed by atoms with Gasteiger partial charge in [0, 0.05) is 5.56 Å². The first kappa shape index (κ1) is 18.2. The van der Waals surface area contributed by atoms with Gasteiger partial charge in [-0.2, -0.15) is 8.42 Å². The SMILES string of the molecule is CCOc1ccc(NS(=O)(=O)NC(=O)c2cccc3c2COCC3)cc1. The molecule has 2 aromatic carbocycles. The van der Waals surface area contributed by atoms with Gasteiger partial charge < -0.3 is 9.47 Å². The van der Waals surface area contributed by atoms with Gasteiger partial charge in [0.1, 0.15) is 5.75 Å². The van der Waals surface area contributed by atoms with Gasteiger partial charge in [0.25, 0.3) is 5.91 Å². The van der Waals surface area contributed by atoms with Crippen LogP contribution in [-0.4, -0.2) is 27.5 Å². The minimum absolute atomic E-state index is 0.297. The number of nitrogens with one attached hydrogen (secondary N) is 2. The normalized spacial score (nSPS) is 13.6. The van der Waals surface area contributed by atoms with Gasteiger partial charge in [-0.1, -0.05) is 12.1 Å². The molecule has 2 aromatic rings. The van der Waals surface area contributed by atoms with Crippen LogP contribution in [0.5, 0.6) is 5.75 Å².